The standard InChI is InChI=1S/C20H32F3NO2Si/c1-15(14-26-27(5,6)19(2,3)4)12-17(24-18(25)20(21,22)23)13-16-10-8-7-9-11-16/h7-11,15,17H,12-14H2,1-6H3,(H,24,25)/t15-,17+/m0/s1. The third-order valence-corrected chi connectivity index (χ3v) is 9.64. The van der Waals surface area contributed by atoms with Gasteiger partial charge in [0.25, 0.3) is 0 Å². The quantitative estimate of drug-likeness (QED) is 0.596. The van der Waals surface area contributed by atoms with E-state index in [1.54, 1.807) is 0 Å². The van der Waals surface area contributed by atoms with E-state index >= 15 is 0 Å². The van der Waals surface area contributed by atoms with Gasteiger partial charge in [-0.1, -0.05) is 58.0 Å². The van der Waals surface area contributed by atoms with Crippen molar-refractivity contribution in [1.82, 2.24) is 5.32 Å². The Morgan fingerprint density at radius 3 is 2.19 bits per heavy atom. The molecule has 7 heteroatoms. The van der Waals surface area contributed by atoms with Crippen molar-refractivity contribution in [2.24, 2.45) is 5.92 Å². The number of alkyl halides is 3. The number of hydrogen-bond donors (Lipinski definition) is 1. The molecule has 0 aliphatic rings. The van der Waals surface area contributed by atoms with Crippen LogP contribution in [0.2, 0.25) is 18.1 Å². The van der Waals surface area contributed by atoms with Crippen molar-refractivity contribution in [3.05, 3.63) is 35.9 Å². The van der Waals surface area contributed by atoms with E-state index in [2.05, 4.69) is 39.2 Å². The molecule has 0 aliphatic carbocycles. The average Bonchev–Trinajstić information content (AvgIpc) is 2.52. The molecule has 154 valence electrons. The summed E-state index contributed by atoms with van der Waals surface area (Å²) < 4.78 is 44.3. The van der Waals surface area contributed by atoms with E-state index in [0.29, 0.717) is 19.4 Å². The minimum atomic E-state index is -4.88. The van der Waals surface area contributed by atoms with Gasteiger partial charge in [-0.15, -0.1) is 0 Å². The summed E-state index contributed by atoms with van der Waals surface area (Å²) in [5, 5.41) is 2.23. The summed E-state index contributed by atoms with van der Waals surface area (Å²) in [5.74, 6) is -1.86. The predicted octanol–water partition coefficient (Wildman–Crippen LogP) is 5.32. The number of amides is 1. The molecule has 3 nitrogen and oxygen atoms in total. The SMILES string of the molecule is C[C@H](CO[Si](C)(C)C(C)(C)C)C[C@H](Cc1ccccc1)NC(=O)C(F)(F)F. The number of nitrogens with one attached hydrogen (secondary N) is 1. The zero-order chi connectivity index (χ0) is 20.9. The molecule has 0 heterocycles. The molecule has 1 amide bonds. The summed E-state index contributed by atoms with van der Waals surface area (Å²) in [6.07, 6.45) is -4.10. The minimum absolute atomic E-state index is 0.0290. The van der Waals surface area contributed by atoms with Crippen molar-refractivity contribution >= 4 is 14.2 Å². The second kappa shape index (κ2) is 9.23. The van der Waals surface area contributed by atoms with Gasteiger partial charge in [0.1, 0.15) is 0 Å². The Balaban J connectivity index is 2.76. The maximum atomic E-state index is 12.7. The van der Waals surface area contributed by atoms with Gasteiger partial charge in [-0.3, -0.25) is 4.79 Å². The molecule has 2 atom stereocenters. The Hall–Kier alpha value is -1.34. The predicted molar refractivity (Wildman–Crippen MR) is 105 cm³/mol. The van der Waals surface area contributed by atoms with Crippen molar-refractivity contribution in [2.45, 2.75) is 70.9 Å². The van der Waals surface area contributed by atoms with Gasteiger partial charge in [-0.05, 0) is 42.5 Å². The zero-order valence-electron chi connectivity index (χ0n) is 17.1. The van der Waals surface area contributed by atoms with Gasteiger partial charge in [0.2, 0.25) is 0 Å². The molecule has 0 spiro atoms. The topological polar surface area (TPSA) is 38.3 Å². The molecule has 0 bridgehead atoms. The molecule has 0 saturated heterocycles. The fourth-order valence-electron chi connectivity index (χ4n) is 2.48. The van der Waals surface area contributed by atoms with E-state index in [1.165, 1.54) is 0 Å². The molecular weight excluding hydrogens is 371 g/mol. The first-order valence-electron chi connectivity index (χ1n) is 9.28. The van der Waals surface area contributed by atoms with E-state index in [9.17, 15) is 18.0 Å². The van der Waals surface area contributed by atoms with Crippen LogP contribution in [0.3, 0.4) is 0 Å². The third-order valence-electron chi connectivity index (χ3n) is 5.14. The summed E-state index contributed by atoms with van der Waals surface area (Å²) in [6, 6.07) is 8.62. The highest BCUT2D eigenvalue weighted by atomic mass is 28.4. The van der Waals surface area contributed by atoms with Crippen LogP contribution in [-0.2, 0) is 15.6 Å². The van der Waals surface area contributed by atoms with Crippen LogP contribution in [0.15, 0.2) is 30.3 Å². The number of carbonyl (C=O) groups excluding carboxylic acids is 1. The lowest BCUT2D eigenvalue weighted by atomic mass is 9.96. The zero-order valence-corrected chi connectivity index (χ0v) is 18.1. The third kappa shape index (κ3) is 8.05. The first kappa shape index (κ1) is 23.7. The van der Waals surface area contributed by atoms with Crippen LogP contribution in [0.4, 0.5) is 13.2 Å². The van der Waals surface area contributed by atoms with Gasteiger partial charge in [-0.2, -0.15) is 13.2 Å². The first-order valence-corrected chi connectivity index (χ1v) is 12.2. The Morgan fingerprint density at radius 1 is 1.15 bits per heavy atom. The summed E-state index contributed by atoms with van der Waals surface area (Å²) in [7, 11) is -1.92. The van der Waals surface area contributed by atoms with E-state index in [-0.39, 0.29) is 11.0 Å². The van der Waals surface area contributed by atoms with Crippen LogP contribution in [0, 0.1) is 5.92 Å². The van der Waals surface area contributed by atoms with Crippen LogP contribution in [0.25, 0.3) is 0 Å². The highest BCUT2D eigenvalue weighted by molar-refractivity contribution is 6.74. The Bertz CT molecular complexity index is 597. The fourth-order valence-corrected chi connectivity index (χ4v) is 3.61. The largest absolute Gasteiger partial charge is 0.471 e. The summed E-state index contributed by atoms with van der Waals surface area (Å²) >= 11 is 0. The molecule has 0 aliphatic heterocycles. The molecular formula is C20H32F3NO2Si. The first-order chi connectivity index (χ1) is 12.2. The summed E-state index contributed by atoms with van der Waals surface area (Å²) in [6.45, 7) is 13.1. The van der Waals surface area contributed by atoms with Gasteiger partial charge < -0.3 is 9.74 Å². The number of carbonyl (C=O) groups is 1. The monoisotopic (exact) mass is 403 g/mol. The van der Waals surface area contributed by atoms with Crippen molar-refractivity contribution in [3.63, 3.8) is 0 Å². The number of benzene rings is 1. The van der Waals surface area contributed by atoms with E-state index in [1.807, 2.05) is 37.3 Å². The second-order valence-corrected chi connectivity index (χ2v) is 13.6. The number of rotatable bonds is 8. The molecule has 1 rings (SSSR count). The lowest BCUT2D eigenvalue weighted by Crippen LogP contribution is -2.45. The lowest BCUT2D eigenvalue weighted by Gasteiger charge is -2.37. The van der Waals surface area contributed by atoms with Crippen LogP contribution in [-0.4, -0.2) is 33.0 Å². The van der Waals surface area contributed by atoms with Crippen LogP contribution >= 0.6 is 0 Å². The van der Waals surface area contributed by atoms with E-state index in [4.69, 9.17) is 4.43 Å². The smallest absolute Gasteiger partial charge is 0.417 e. The molecule has 1 aromatic rings. The van der Waals surface area contributed by atoms with Crippen molar-refractivity contribution in [2.75, 3.05) is 6.61 Å². The normalized spacial score (nSPS) is 15.3. The highest BCUT2D eigenvalue weighted by Gasteiger charge is 2.40. The molecule has 1 aromatic carbocycles. The lowest BCUT2D eigenvalue weighted by molar-refractivity contribution is -0.174. The average molecular weight is 404 g/mol. The Morgan fingerprint density at radius 2 is 1.70 bits per heavy atom. The maximum Gasteiger partial charge on any atom is 0.471 e. The molecule has 0 radical (unpaired) electrons. The second-order valence-electron chi connectivity index (χ2n) is 8.77. The van der Waals surface area contributed by atoms with Crippen molar-refractivity contribution < 1.29 is 22.4 Å². The Labute approximate surface area is 161 Å². The van der Waals surface area contributed by atoms with Crippen LogP contribution in [0.1, 0.15) is 39.7 Å². The molecule has 1 N–H and O–H groups in total. The van der Waals surface area contributed by atoms with Gasteiger partial charge >= 0.3 is 12.1 Å². The molecule has 27 heavy (non-hydrogen) atoms. The van der Waals surface area contributed by atoms with Crippen LogP contribution in [0.5, 0.6) is 0 Å². The van der Waals surface area contributed by atoms with Gasteiger partial charge in [0, 0.05) is 12.6 Å². The fraction of sp³-hybridized carbons (Fsp3) is 0.650. The van der Waals surface area contributed by atoms with Gasteiger partial charge in [-0.25, -0.2) is 0 Å². The van der Waals surface area contributed by atoms with Crippen molar-refractivity contribution in [1.29, 1.82) is 0 Å². The molecule has 0 aromatic heterocycles. The molecule has 0 unspecified atom stereocenters. The molecule has 0 fully saturated rings. The van der Waals surface area contributed by atoms with Crippen molar-refractivity contribution in [3.8, 4) is 0 Å². The minimum Gasteiger partial charge on any atom is -0.417 e. The van der Waals surface area contributed by atoms with Crippen LogP contribution < -0.4 is 5.32 Å². The van der Waals surface area contributed by atoms with E-state index in [0.717, 1.165) is 5.56 Å². The summed E-state index contributed by atoms with van der Waals surface area (Å²) in [5.41, 5.74) is 0.891. The molecule has 0 saturated carbocycles. The highest BCUT2D eigenvalue weighted by Crippen LogP contribution is 2.37. The van der Waals surface area contributed by atoms with E-state index < -0.39 is 26.4 Å². The number of halogens is 3. The number of hydrogen-bond acceptors (Lipinski definition) is 2. The Kier molecular flexibility index (Phi) is 8.10. The van der Waals surface area contributed by atoms with Gasteiger partial charge in [0.15, 0.2) is 8.32 Å². The van der Waals surface area contributed by atoms with Gasteiger partial charge in [0.05, 0.1) is 0 Å². The maximum absolute atomic E-state index is 12.7. The summed E-state index contributed by atoms with van der Waals surface area (Å²) in [4.78, 5) is 11.4.